The van der Waals surface area contributed by atoms with Crippen LogP contribution in [0.25, 0.3) is 0 Å². The van der Waals surface area contributed by atoms with Crippen molar-refractivity contribution in [3.8, 4) is 17.6 Å². The molecule has 0 amide bonds. The summed E-state index contributed by atoms with van der Waals surface area (Å²) in [6.07, 6.45) is 8.69. The molecular weight excluding hydrogens is 442 g/mol. The molecule has 6 heteroatoms. The molecular formula is C29H38NO5+. The fourth-order valence-electron chi connectivity index (χ4n) is 3.58. The van der Waals surface area contributed by atoms with E-state index in [-0.39, 0.29) is 12.2 Å². The van der Waals surface area contributed by atoms with Gasteiger partial charge in [-0.15, -0.1) is 0 Å². The first-order valence-corrected chi connectivity index (χ1v) is 12.4. The molecule has 2 aromatic rings. The van der Waals surface area contributed by atoms with Crippen molar-refractivity contribution in [1.29, 1.82) is 0 Å². The number of carbonyl (C=O) groups is 2. The first-order valence-electron chi connectivity index (χ1n) is 12.4. The third kappa shape index (κ3) is 10.7. The molecule has 6 nitrogen and oxygen atoms in total. The van der Waals surface area contributed by atoms with E-state index in [1.165, 1.54) is 58.3 Å². The molecule has 0 fully saturated rings. The third-order valence-corrected chi connectivity index (χ3v) is 5.62. The monoisotopic (exact) mass is 480 g/mol. The number of hydrogen-bond donors (Lipinski definition) is 1. The summed E-state index contributed by atoms with van der Waals surface area (Å²) >= 11 is 0. The molecule has 0 heterocycles. The molecule has 0 bridgehead atoms. The minimum absolute atomic E-state index is 0.272. The lowest BCUT2D eigenvalue weighted by atomic mass is 10.1. The fourth-order valence-corrected chi connectivity index (χ4v) is 3.58. The summed E-state index contributed by atoms with van der Waals surface area (Å²) in [5.74, 6) is 5.80. The number of carbonyl (C=O) groups excluding carboxylic acids is 2. The lowest BCUT2D eigenvalue weighted by Gasteiger charge is -2.11. The van der Waals surface area contributed by atoms with E-state index in [1.807, 2.05) is 6.07 Å². The zero-order chi connectivity index (χ0) is 25.3. The van der Waals surface area contributed by atoms with Crippen LogP contribution < -0.4 is 10.1 Å². The van der Waals surface area contributed by atoms with E-state index in [0.717, 1.165) is 24.1 Å². The molecule has 188 valence electrons. The number of rotatable bonds is 14. The maximum atomic E-state index is 12.2. The van der Waals surface area contributed by atoms with Crippen molar-refractivity contribution in [2.24, 2.45) is 0 Å². The number of nitrogens with two attached hydrogens (primary N) is 1. The van der Waals surface area contributed by atoms with Crippen LogP contribution in [0.15, 0.2) is 42.5 Å². The molecule has 35 heavy (non-hydrogen) atoms. The van der Waals surface area contributed by atoms with E-state index >= 15 is 0 Å². The summed E-state index contributed by atoms with van der Waals surface area (Å²) in [7, 11) is 2.60. The van der Waals surface area contributed by atoms with E-state index < -0.39 is 11.9 Å². The lowest BCUT2D eigenvalue weighted by molar-refractivity contribution is -0.686. The molecule has 0 saturated carbocycles. The van der Waals surface area contributed by atoms with Crippen LogP contribution in [0.1, 0.15) is 78.9 Å². The zero-order valence-corrected chi connectivity index (χ0v) is 21.2. The Labute approximate surface area is 209 Å². The topological polar surface area (TPSA) is 78.4 Å². The SMILES string of the molecule is CCCCCCCCC#Cc1ccc(C[NH2+]Cc2ccc(OCC(=O)OC)c(C(=O)OC)c2)cc1. The molecule has 0 atom stereocenters. The summed E-state index contributed by atoms with van der Waals surface area (Å²) in [6.45, 7) is 3.45. The van der Waals surface area contributed by atoms with Crippen LogP contribution in [0, 0.1) is 11.8 Å². The molecule has 0 aromatic heterocycles. The van der Waals surface area contributed by atoms with Crippen LogP contribution in [0.2, 0.25) is 0 Å². The van der Waals surface area contributed by atoms with Crippen LogP contribution in [0.4, 0.5) is 0 Å². The van der Waals surface area contributed by atoms with Crippen LogP contribution in [-0.4, -0.2) is 32.8 Å². The molecule has 0 saturated heterocycles. The molecule has 0 spiro atoms. The van der Waals surface area contributed by atoms with Crippen LogP contribution in [-0.2, 0) is 27.4 Å². The van der Waals surface area contributed by atoms with Gasteiger partial charge in [-0.3, -0.25) is 0 Å². The Morgan fingerprint density at radius 2 is 1.54 bits per heavy atom. The Morgan fingerprint density at radius 3 is 2.26 bits per heavy atom. The van der Waals surface area contributed by atoms with Gasteiger partial charge in [0.2, 0.25) is 0 Å². The van der Waals surface area contributed by atoms with E-state index in [9.17, 15) is 9.59 Å². The predicted molar refractivity (Wildman–Crippen MR) is 136 cm³/mol. The Kier molecular flexibility index (Phi) is 13.1. The Hall–Kier alpha value is -3.30. The lowest BCUT2D eigenvalue weighted by Crippen LogP contribution is -2.80. The number of esters is 2. The smallest absolute Gasteiger partial charge is 0.343 e. The van der Waals surface area contributed by atoms with Crippen molar-refractivity contribution in [2.45, 2.75) is 65.0 Å². The minimum atomic E-state index is -0.520. The maximum absolute atomic E-state index is 12.2. The molecule has 0 aliphatic rings. The van der Waals surface area contributed by atoms with Crippen molar-refractivity contribution in [2.75, 3.05) is 20.8 Å². The highest BCUT2D eigenvalue weighted by atomic mass is 16.6. The van der Waals surface area contributed by atoms with Crippen LogP contribution >= 0.6 is 0 Å². The van der Waals surface area contributed by atoms with Gasteiger partial charge in [-0.1, -0.05) is 63.0 Å². The normalized spacial score (nSPS) is 10.3. The molecule has 2 rings (SSSR count). The van der Waals surface area contributed by atoms with Gasteiger partial charge in [-0.2, -0.15) is 0 Å². The number of methoxy groups -OCH3 is 2. The van der Waals surface area contributed by atoms with Gasteiger partial charge in [0.25, 0.3) is 0 Å². The van der Waals surface area contributed by atoms with Crippen molar-refractivity contribution >= 4 is 11.9 Å². The molecule has 2 aromatic carbocycles. The van der Waals surface area contributed by atoms with Crippen molar-refractivity contribution in [1.82, 2.24) is 0 Å². The Balaban J connectivity index is 1.82. The second-order valence-electron chi connectivity index (χ2n) is 8.40. The fraction of sp³-hybridized carbons (Fsp3) is 0.448. The van der Waals surface area contributed by atoms with Gasteiger partial charge in [-0.05, 0) is 36.8 Å². The Bertz CT molecular complexity index is 988. The number of ether oxygens (including phenoxy) is 3. The summed E-state index contributed by atoms with van der Waals surface area (Å²) in [5, 5.41) is 2.16. The largest absolute Gasteiger partial charge is 0.481 e. The molecule has 0 unspecified atom stereocenters. The summed E-state index contributed by atoms with van der Waals surface area (Å²) < 4.78 is 14.8. The standard InChI is InChI=1S/C29H37NO5/c1-4-5-6-7-8-9-10-11-12-23-13-15-24(16-14-23)20-30-21-25-17-18-27(35-22-28(31)33-2)26(19-25)29(32)34-3/h13-19,30H,4-10,20-22H2,1-3H3/p+1. The highest BCUT2D eigenvalue weighted by Gasteiger charge is 2.16. The highest BCUT2D eigenvalue weighted by Crippen LogP contribution is 2.21. The highest BCUT2D eigenvalue weighted by molar-refractivity contribution is 5.92. The molecule has 0 radical (unpaired) electrons. The van der Waals surface area contributed by atoms with E-state index in [1.54, 1.807) is 12.1 Å². The number of benzene rings is 2. The van der Waals surface area contributed by atoms with E-state index in [4.69, 9.17) is 9.47 Å². The zero-order valence-electron chi connectivity index (χ0n) is 21.2. The van der Waals surface area contributed by atoms with Crippen molar-refractivity contribution in [3.05, 3.63) is 64.7 Å². The predicted octanol–water partition coefficient (Wildman–Crippen LogP) is 4.39. The number of quaternary nitrogens is 1. The summed E-state index contributed by atoms with van der Waals surface area (Å²) in [6, 6.07) is 13.6. The van der Waals surface area contributed by atoms with Gasteiger partial charge in [0, 0.05) is 23.1 Å². The van der Waals surface area contributed by atoms with Crippen LogP contribution in [0.3, 0.4) is 0 Å². The summed E-state index contributed by atoms with van der Waals surface area (Å²) in [5.41, 5.74) is 3.49. The third-order valence-electron chi connectivity index (χ3n) is 5.62. The maximum Gasteiger partial charge on any atom is 0.343 e. The summed E-state index contributed by atoms with van der Waals surface area (Å²) in [4.78, 5) is 23.5. The average molecular weight is 481 g/mol. The first-order chi connectivity index (χ1) is 17.1. The minimum Gasteiger partial charge on any atom is -0.481 e. The van der Waals surface area contributed by atoms with Crippen LogP contribution in [0.5, 0.6) is 5.75 Å². The molecule has 2 N–H and O–H groups in total. The molecule has 0 aliphatic carbocycles. The Morgan fingerprint density at radius 1 is 0.857 bits per heavy atom. The van der Waals surface area contributed by atoms with Gasteiger partial charge in [0.15, 0.2) is 6.61 Å². The van der Waals surface area contributed by atoms with E-state index in [2.05, 4.69) is 53.1 Å². The second kappa shape index (κ2) is 16.3. The van der Waals surface area contributed by atoms with Gasteiger partial charge in [-0.25, -0.2) is 9.59 Å². The first kappa shape index (κ1) is 27.9. The quantitative estimate of drug-likeness (QED) is 0.246. The van der Waals surface area contributed by atoms with Gasteiger partial charge in [0.1, 0.15) is 24.4 Å². The number of unbranched alkanes of at least 4 members (excludes halogenated alkanes) is 6. The number of hydrogen-bond acceptors (Lipinski definition) is 5. The van der Waals surface area contributed by atoms with E-state index in [0.29, 0.717) is 12.3 Å². The van der Waals surface area contributed by atoms with Crippen molar-refractivity contribution in [3.63, 3.8) is 0 Å². The average Bonchev–Trinajstić information content (AvgIpc) is 2.89. The second-order valence-corrected chi connectivity index (χ2v) is 8.40. The van der Waals surface area contributed by atoms with Gasteiger partial charge >= 0.3 is 11.9 Å². The van der Waals surface area contributed by atoms with Gasteiger partial charge < -0.3 is 19.5 Å². The molecule has 0 aliphatic heterocycles. The van der Waals surface area contributed by atoms with Gasteiger partial charge in [0.05, 0.1) is 14.2 Å². The van der Waals surface area contributed by atoms with Crippen molar-refractivity contribution < 1.29 is 29.1 Å².